The van der Waals surface area contributed by atoms with Crippen LogP contribution in [0.5, 0.6) is 0 Å². The monoisotopic (exact) mass is 478 g/mol. The number of carboxylic acids is 1. The molecule has 33 heavy (non-hydrogen) atoms. The Bertz CT molecular complexity index is 902. The van der Waals surface area contributed by atoms with Crippen molar-refractivity contribution in [1.29, 1.82) is 10.8 Å². The number of hydrogen-bond acceptors (Lipinski definition) is 7. The van der Waals surface area contributed by atoms with Crippen molar-refractivity contribution in [2.24, 2.45) is 11.8 Å². The van der Waals surface area contributed by atoms with Gasteiger partial charge in [-0.25, -0.2) is 4.79 Å². The number of aliphatic carboxylic acids is 1. The van der Waals surface area contributed by atoms with Gasteiger partial charge in [0.25, 0.3) is 0 Å². The van der Waals surface area contributed by atoms with Crippen molar-refractivity contribution in [3.63, 3.8) is 0 Å². The summed E-state index contributed by atoms with van der Waals surface area (Å²) in [4.78, 5) is 45.0. The molecular weight excluding hydrogens is 448 g/mol. The van der Waals surface area contributed by atoms with Crippen LogP contribution in [0.3, 0.4) is 0 Å². The highest BCUT2D eigenvalue weighted by molar-refractivity contribution is 8.03. The van der Waals surface area contributed by atoms with Gasteiger partial charge in [0.15, 0.2) is 0 Å². The summed E-state index contributed by atoms with van der Waals surface area (Å²) < 4.78 is 0. The summed E-state index contributed by atoms with van der Waals surface area (Å²) in [6.45, 7) is 6.13. The lowest BCUT2D eigenvalue weighted by atomic mass is 9.79. The summed E-state index contributed by atoms with van der Waals surface area (Å²) in [6.07, 6.45) is 2.07. The minimum atomic E-state index is -1.16. The molecule has 180 valence electrons. The molecule has 12 heteroatoms. The van der Waals surface area contributed by atoms with Crippen LogP contribution in [0.25, 0.3) is 0 Å². The number of nitrogens with zero attached hydrogens (tertiary/aromatic N) is 4. The molecule has 11 nitrogen and oxygen atoms in total. The van der Waals surface area contributed by atoms with Gasteiger partial charge in [-0.05, 0) is 13.3 Å². The number of aliphatic hydroxyl groups excluding tert-OH is 1. The molecule has 4 N–H and O–H groups in total. The SMILES string of the molecule is C[C@@H](O)[C@H]1C(=O)N2C(C(=O)O)=C(S[C@H]3C[C@@H](C(=O)N4CCN(C=N)CC4)N(C=N)C3)[C@H](C)[C@H]12. The second-order valence-corrected chi connectivity index (χ2v) is 10.4. The number of carbonyl (C=O) groups is 3. The smallest absolute Gasteiger partial charge is 0.353 e. The third kappa shape index (κ3) is 3.88. The van der Waals surface area contributed by atoms with E-state index in [-0.39, 0.29) is 34.7 Å². The zero-order chi connectivity index (χ0) is 24.0. The van der Waals surface area contributed by atoms with Crippen LogP contribution in [0.2, 0.25) is 0 Å². The molecule has 4 rings (SSSR count). The summed E-state index contributed by atoms with van der Waals surface area (Å²) in [7, 11) is 0. The van der Waals surface area contributed by atoms with Crippen molar-refractivity contribution < 1.29 is 24.6 Å². The van der Waals surface area contributed by atoms with Crippen LogP contribution < -0.4 is 0 Å². The maximum Gasteiger partial charge on any atom is 0.353 e. The van der Waals surface area contributed by atoms with Gasteiger partial charge in [-0.15, -0.1) is 11.8 Å². The zero-order valence-electron chi connectivity index (χ0n) is 18.7. The van der Waals surface area contributed by atoms with Gasteiger partial charge >= 0.3 is 5.97 Å². The molecule has 4 aliphatic rings. The normalized spacial score (nSPS) is 32.6. The highest BCUT2D eigenvalue weighted by Crippen LogP contribution is 2.52. The summed E-state index contributed by atoms with van der Waals surface area (Å²) in [5, 5.41) is 34.9. The van der Waals surface area contributed by atoms with Crippen LogP contribution in [0, 0.1) is 22.7 Å². The largest absolute Gasteiger partial charge is 0.477 e. The molecule has 0 radical (unpaired) electrons. The molecular formula is C21H30N6O5S. The number of nitrogens with one attached hydrogen (secondary N) is 2. The van der Waals surface area contributed by atoms with Gasteiger partial charge in [-0.3, -0.25) is 20.4 Å². The third-order valence-corrected chi connectivity index (χ3v) is 8.66. The lowest BCUT2D eigenvalue weighted by Gasteiger charge is -2.46. The minimum absolute atomic E-state index is 0.0154. The summed E-state index contributed by atoms with van der Waals surface area (Å²) in [5.41, 5.74) is -0.0154. The van der Waals surface area contributed by atoms with E-state index in [2.05, 4.69) is 0 Å². The van der Waals surface area contributed by atoms with E-state index in [9.17, 15) is 24.6 Å². The van der Waals surface area contributed by atoms with Gasteiger partial charge in [-0.2, -0.15) is 0 Å². The molecule has 6 atom stereocenters. The first kappa shape index (κ1) is 23.6. The zero-order valence-corrected chi connectivity index (χ0v) is 19.5. The molecule has 4 aliphatic heterocycles. The lowest BCUT2D eigenvalue weighted by molar-refractivity contribution is -0.163. The topological polar surface area (TPSA) is 152 Å². The van der Waals surface area contributed by atoms with Crippen LogP contribution in [-0.4, -0.2) is 116 Å². The van der Waals surface area contributed by atoms with E-state index in [1.807, 2.05) is 11.8 Å². The van der Waals surface area contributed by atoms with Gasteiger partial charge in [0, 0.05) is 48.8 Å². The Balaban J connectivity index is 1.48. The van der Waals surface area contributed by atoms with Crippen LogP contribution in [-0.2, 0) is 14.4 Å². The highest BCUT2D eigenvalue weighted by atomic mass is 32.2. The number of amides is 2. The average Bonchev–Trinajstić information content (AvgIpc) is 3.30. The fourth-order valence-corrected chi connectivity index (χ4v) is 6.97. The van der Waals surface area contributed by atoms with Crippen LogP contribution in [0.1, 0.15) is 20.3 Å². The van der Waals surface area contributed by atoms with Crippen molar-refractivity contribution in [1.82, 2.24) is 19.6 Å². The standard InChI is InChI=1S/C21H30N6O5S/c1-11-16-15(12(2)28)20(30)27(16)17(21(31)32)18(11)33-13-7-14(26(8-13)10-23)19(29)25-5-3-24(9-22)4-6-25/h9-16,22-23,28H,3-8H2,1-2H3,(H,31,32)/t11-,12-,13+,14+,15-,16-/m1/s1. The van der Waals surface area contributed by atoms with E-state index in [0.717, 1.165) is 0 Å². The number of likely N-dealkylation sites (tertiary alicyclic amines) is 1. The number of thioether (sulfide) groups is 1. The van der Waals surface area contributed by atoms with E-state index in [1.165, 1.54) is 29.3 Å². The molecule has 0 aromatic heterocycles. The number of carboxylic acid groups (broad SMARTS) is 1. The van der Waals surface area contributed by atoms with E-state index in [1.54, 1.807) is 16.7 Å². The molecule has 0 aromatic rings. The van der Waals surface area contributed by atoms with Crippen molar-refractivity contribution in [2.45, 2.75) is 43.7 Å². The predicted octanol–water partition coefficient (Wildman–Crippen LogP) is -0.325. The number of fused-ring (bicyclic) bond motifs is 1. The molecule has 4 heterocycles. The second-order valence-electron chi connectivity index (χ2n) is 9.08. The Hall–Kier alpha value is -2.60. The molecule has 0 spiro atoms. The van der Waals surface area contributed by atoms with Crippen molar-refractivity contribution in [2.75, 3.05) is 32.7 Å². The van der Waals surface area contributed by atoms with Crippen LogP contribution in [0.4, 0.5) is 0 Å². The fourth-order valence-electron chi connectivity index (χ4n) is 5.43. The Morgan fingerprint density at radius 1 is 1.18 bits per heavy atom. The maximum absolute atomic E-state index is 13.2. The Morgan fingerprint density at radius 3 is 2.39 bits per heavy atom. The first-order valence-corrected chi connectivity index (χ1v) is 12.0. The quantitative estimate of drug-likeness (QED) is 0.221. The molecule has 0 saturated carbocycles. The van der Waals surface area contributed by atoms with Gasteiger partial charge < -0.3 is 29.8 Å². The Kier molecular flexibility index (Phi) is 6.41. The number of hydrogen-bond donors (Lipinski definition) is 4. The molecule has 3 fully saturated rings. The molecule has 0 bridgehead atoms. The van der Waals surface area contributed by atoms with Gasteiger partial charge in [0.1, 0.15) is 11.7 Å². The lowest BCUT2D eigenvalue weighted by Crippen LogP contribution is -2.63. The van der Waals surface area contributed by atoms with E-state index < -0.39 is 24.0 Å². The summed E-state index contributed by atoms with van der Waals surface area (Å²) in [5.74, 6) is -2.41. The molecule has 0 unspecified atom stereocenters. The fraction of sp³-hybridized carbons (Fsp3) is 0.667. The second kappa shape index (κ2) is 8.98. The number of rotatable bonds is 7. The molecule has 2 amide bonds. The maximum atomic E-state index is 13.2. The van der Waals surface area contributed by atoms with E-state index in [0.29, 0.717) is 44.0 Å². The number of carbonyl (C=O) groups excluding carboxylic acids is 2. The van der Waals surface area contributed by atoms with Crippen LogP contribution >= 0.6 is 11.8 Å². The first-order chi connectivity index (χ1) is 15.7. The Labute approximate surface area is 196 Å². The van der Waals surface area contributed by atoms with Crippen molar-refractivity contribution in [3.05, 3.63) is 10.6 Å². The van der Waals surface area contributed by atoms with Crippen molar-refractivity contribution >= 4 is 42.2 Å². The van der Waals surface area contributed by atoms with Crippen LogP contribution in [0.15, 0.2) is 10.6 Å². The van der Waals surface area contributed by atoms with E-state index in [4.69, 9.17) is 10.8 Å². The number of aliphatic hydroxyl groups is 1. The number of piperazine rings is 1. The Morgan fingerprint density at radius 2 is 1.85 bits per heavy atom. The van der Waals surface area contributed by atoms with Crippen molar-refractivity contribution in [3.8, 4) is 0 Å². The highest BCUT2D eigenvalue weighted by Gasteiger charge is 2.60. The molecule has 0 aromatic carbocycles. The minimum Gasteiger partial charge on any atom is -0.477 e. The van der Waals surface area contributed by atoms with Gasteiger partial charge in [-0.1, -0.05) is 6.92 Å². The molecule has 3 saturated heterocycles. The van der Waals surface area contributed by atoms with Gasteiger partial charge in [0.2, 0.25) is 11.8 Å². The first-order valence-electron chi connectivity index (χ1n) is 11.1. The number of β-lactam (4-membered cyclic amide) rings is 1. The summed E-state index contributed by atoms with van der Waals surface area (Å²) in [6, 6.07) is -0.852. The average molecular weight is 479 g/mol. The molecule has 0 aliphatic carbocycles. The van der Waals surface area contributed by atoms with E-state index >= 15 is 0 Å². The predicted molar refractivity (Wildman–Crippen MR) is 122 cm³/mol. The summed E-state index contributed by atoms with van der Waals surface area (Å²) >= 11 is 1.38. The third-order valence-electron chi connectivity index (χ3n) is 7.17. The van der Waals surface area contributed by atoms with Gasteiger partial charge in [0.05, 0.1) is 30.7 Å².